The van der Waals surface area contributed by atoms with Gasteiger partial charge in [-0.3, -0.25) is 0 Å². The van der Waals surface area contributed by atoms with Crippen molar-refractivity contribution >= 4 is 21.6 Å². The van der Waals surface area contributed by atoms with E-state index < -0.39 is 0 Å². The molecule has 1 aliphatic rings. The van der Waals surface area contributed by atoms with Crippen molar-refractivity contribution in [2.24, 2.45) is 5.92 Å². The van der Waals surface area contributed by atoms with Gasteiger partial charge in [0.2, 0.25) is 0 Å². The fourth-order valence-corrected chi connectivity index (χ4v) is 4.52. The topological polar surface area (TPSA) is 34.1 Å². The van der Waals surface area contributed by atoms with Gasteiger partial charge in [0, 0.05) is 6.54 Å². The first-order valence-corrected chi connectivity index (χ1v) is 10.5. The number of fused-ring (bicyclic) bond motifs is 1. The molecule has 0 radical (unpaired) electrons. The van der Waals surface area contributed by atoms with Crippen LogP contribution >= 0.6 is 11.3 Å². The first-order valence-electron chi connectivity index (χ1n) is 9.70. The molecular formula is C22H26N2OS. The van der Waals surface area contributed by atoms with E-state index >= 15 is 0 Å². The third kappa shape index (κ3) is 4.63. The van der Waals surface area contributed by atoms with E-state index in [-0.39, 0.29) is 0 Å². The predicted octanol–water partition coefficient (Wildman–Crippen LogP) is 6.15. The minimum absolute atomic E-state index is 0.699. The molecule has 0 atom stereocenters. The fraction of sp³-hybridized carbons (Fsp3) is 0.409. The van der Waals surface area contributed by atoms with Crippen LogP contribution in [0, 0.1) is 5.92 Å². The minimum Gasteiger partial charge on any atom is -0.431 e. The summed E-state index contributed by atoms with van der Waals surface area (Å²) in [5.74, 6) is 1.79. The standard InChI is InChI=1S/C22H26N2OS/c1-2-6-17(7-3-1)14-15-23-16-18-10-12-19(13-11-18)25-22-24-20-8-4-5-9-21(20)26-22/h4-5,8-13,17,23H,1-3,6-7,14-16H2. The summed E-state index contributed by atoms with van der Waals surface area (Å²) in [5, 5.41) is 4.28. The number of benzene rings is 2. The van der Waals surface area contributed by atoms with E-state index in [0.717, 1.165) is 35.0 Å². The second-order valence-electron chi connectivity index (χ2n) is 7.16. The van der Waals surface area contributed by atoms with Crippen LogP contribution in [-0.2, 0) is 6.54 Å². The average Bonchev–Trinajstić information content (AvgIpc) is 3.10. The molecule has 0 unspecified atom stereocenters. The van der Waals surface area contributed by atoms with Crippen molar-refractivity contribution in [2.45, 2.75) is 45.1 Å². The Morgan fingerprint density at radius 1 is 1.00 bits per heavy atom. The largest absolute Gasteiger partial charge is 0.431 e. The summed E-state index contributed by atoms with van der Waals surface area (Å²) in [6.45, 7) is 2.04. The van der Waals surface area contributed by atoms with Gasteiger partial charge in [0.05, 0.1) is 10.2 Å². The van der Waals surface area contributed by atoms with Gasteiger partial charge in [0.15, 0.2) is 0 Å². The van der Waals surface area contributed by atoms with E-state index in [1.54, 1.807) is 11.3 Å². The number of hydrogen-bond donors (Lipinski definition) is 1. The van der Waals surface area contributed by atoms with Crippen molar-refractivity contribution in [1.82, 2.24) is 10.3 Å². The summed E-state index contributed by atoms with van der Waals surface area (Å²) in [6, 6.07) is 16.5. The molecule has 136 valence electrons. The molecule has 1 fully saturated rings. The lowest BCUT2D eigenvalue weighted by Crippen LogP contribution is -2.19. The molecule has 1 N–H and O–H groups in total. The third-order valence-corrected chi connectivity index (χ3v) is 6.10. The SMILES string of the molecule is c1ccc2sc(Oc3ccc(CNCCC4CCCCC4)cc3)nc2c1. The highest BCUT2D eigenvalue weighted by atomic mass is 32.1. The van der Waals surface area contributed by atoms with Gasteiger partial charge in [-0.1, -0.05) is 67.7 Å². The summed E-state index contributed by atoms with van der Waals surface area (Å²) in [5.41, 5.74) is 2.29. The number of hydrogen-bond acceptors (Lipinski definition) is 4. The number of nitrogens with zero attached hydrogens (tertiary/aromatic N) is 1. The van der Waals surface area contributed by atoms with E-state index in [4.69, 9.17) is 4.74 Å². The Bertz CT molecular complexity index is 789. The monoisotopic (exact) mass is 366 g/mol. The minimum atomic E-state index is 0.699. The molecule has 0 amide bonds. The summed E-state index contributed by atoms with van der Waals surface area (Å²) in [7, 11) is 0. The molecule has 3 nitrogen and oxygen atoms in total. The van der Waals surface area contributed by atoms with Gasteiger partial charge in [-0.25, -0.2) is 4.98 Å². The number of ether oxygens (including phenoxy) is 1. The molecule has 0 bridgehead atoms. The normalized spacial score (nSPS) is 15.4. The predicted molar refractivity (Wildman–Crippen MR) is 109 cm³/mol. The molecule has 1 aliphatic carbocycles. The highest BCUT2D eigenvalue weighted by Gasteiger charge is 2.12. The van der Waals surface area contributed by atoms with Crippen LogP contribution in [0.15, 0.2) is 48.5 Å². The Labute approximate surface area is 159 Å². The van der Waals surface area contributed by atoms with Crippen molar-refractivity contribution in [3.8, 4) is 10.9 Å². The summed E-state index contributed by atoms with van der Waals surface area (Å²) >= 11 is 1.58. The zero-order chi connectivity index (χ0) is 17.6. The number of para-hydroxylation sites is 1. The van der Waals surface area contributed by atoms with Gasteiger partial charge >= 0.3 is 0 Å². The smallest absolute Gasteiger partial charge is 0.279 e. The van der Waals surface area contributed by atoms with Crippen molar-refractivity contribution in [2.75, 3.05) is 6.54 Å². The van der Waals surface area contributed by atoms with Gasteiger partial charge in [-0.15, -0.1) is 0 Å². The molecule has 1 saturated carbocycles. The molecule has 4 rings (SSSR count). The Morgan fingerprint density at radius 2 is 1.81 bits per heavy atom. The molecule has 3 aromatic rings. The summed E-state index contributed by atoms with van der Waals surface area (Å²) in [4.78, 5) is 4.52. The van der Waals surface area contributed by atoms with Crippen LogP contribution in [0.4, 0.5) is 0 Å². The van der Waals surface area contributed by atoms with Crippen LogP contribution < -0.4 is 10.1 Å². The number of rotatable bonds is 7. The quantitative estimate of drug-likeness (QED) is 0.509. The van der Waals surface area contributed by atoms with Gasteiger partial charge in [0.25, 0.3) is 5.19 Å². The molecule has 0 saturated heterocycles. The van der Waals surface area contributed by atoms with Crippen LogP contribution in [0.5, 0.6) is 10.9 Å². The maximum absolute atomic E-state index is 5.91. The van der Waals surface area contributed by atoms with E-state index in [1.165, 1.54) is 44.1 Å². The van der Waals surface area contributed by atoms with Crippen molar-refractivity contribution in [1.29, 1.82) is 0 Å². The molecule has 1 aromatic heterocycles. The lowest BCUT2D eigenvalue weighted by molar-refractivity contribution is 0.334. The Kier molecular flexibility index (Phi) is 5.82. The Morgan fingerprint density at radius 3 is 2.62 bits per heavy atom. The Hall–Kier alpha value is -1.91. The molecule has 0 spiro atoms. The van der Waals surface area contributed by atoms with Crippen molar-refractivity contribution < 1.29 is 4.74 Å². The molecular weight excluding hydrogens is 340 g/mol. The number of thiazole rings is 1. The third-order valence-electron chi connectivity index (χ3n) is 5.19. The zero-order valence-electron chi connectivity index (χ0n) is 15.1. The first kappa shape index (κ1) is 17.5. The van der Waals surface area contributed by atoms with Crippen molar-refractivity contribution in [3.63, 3.8) is 0 Å². The van der Waals surface area contributed by atoms with Crippen LogP contribution in [0.3, 0.4) is 0 Å². The maximum atomic E-state index is 5.91. The summed E-state index contributed by atoms with van der Waals surface area (Å²) in [6.07, 6.45) is 8.48. The van der Waals surface area contributed by atoms with Crippen LogP contribution in [0.1, 0.15) is 44.1 Å². The van der Waals surface area contributed by atoms with E-state index in [0.29, 0.717) is 5.19 Å². The lowest BCUT2D eigenvalue weighted by atomic mass is 9.87. The first-order chi connectivity index (χ1) is 12.9. The zero-order valence-corrected chi connectivity index (χ0v) is 15.9. The summed E-state index contributed by atoms with van der Waals surface area (Å²) < 4.78 is 7.06. The molecule has 4 heteroatoms. The lowest BCUT2D eigenvalue weighted by Gasteiger charge is -2.21. The maximum Gasteiger partial charge on any atom is 0.279 e. The van der Waals surface area contributed by atoms with E-state index in [2.05, 4.69) is 28.5 Å². The van der Waals surface area contributed by atoms with Crippen molar-refractivity contribution in [3.05, 3.63) is 54.1 Å². The molecule has 0 aliphatic heterocycles. The molecule has 1 heterocycles. The van der Waals surface area contributed by atoms with Gasteiger partial charge in [-0.2, -0.15) is 0 Å². The molecule has 2 aromatic carbocycles. The highest BCUT2D eigenvalue weighted by Crippen LogP contribution is 2.31. The fourth-order valence-electron chi connectivity index (χ4n) is 3.69. The van der Waals surface area contributed by atoms with Gasteiger partial charge < -0.3 is 10.1 Å². The number of aromatic nitrogens is 1. The van der Waals surface area contributed by atoms with Gasteiger partial charge in [-0.05, 0) is 48.7 Å². The second kappa shape index (κ2) is 8.65. The highest BCUT2D eigenvalue weighted by molar-refractivity contribution is 7.20. The van der Waals surface area contributed by atoms with Gasteiger partial charge in [0.1, 0.15) is 5.75 Å². The molecule has 26 heavy (non-hydrogen) atoms. The van der Waals surface area contributed by atoms with E-state index in [1.807, 2.05) is 30.3 Å². The van der Waals surface area contributed by atoms with Crippen LogP contribution in [0.2, 0.25) is 0 Å². The van der Waals surface area contributed by atoms with Crippen LogP contribution in [-0.4, -0.2) is 11.5 Å². The Balaban J connectivity index is 1.25. The number of nitrogens with one attached hydrogen (secondary N) is 1. The van der Waals surface area contributed by atoms with Crippen LogP contribution in [0.25, 0.3) is 10.2 Å². The van der Waals surface area contributed by atoms with E-state index in [9.17, 15) is 0 Å². The second-order valence-corrected chi connectivity index (χ2v) is 8.16. The average molecular weight is 367 g/mol.